The lowest BCUT2D eigenvalue weighted by atomic mass is 9.94. The van der Waals surface area contributed by atoms with Crippen LogP contribution in [-0.2, 0) is 9.53 Å². The largest absolute Gasteiger partial charge is 0.503 e. The van der Waals surface area contributed by atoms with Gasteiger partial charge in [0.2, 0.25) is 5.78 Å². The molecule has 4 rings (SSSR count). The molecule has 1 amide bonds. The highest BCUT2D eigenvalue weighted by Gasteiger charge is 2.44. The summed E-state index contributed by atoms with van der Waals surface area (Å²) in [6, 6.07) is 13.4. The fourth-order valence-electron chi connectivity index (χ4n) is 4.45. The van der Waals surface area contributed by atoms with E-state index in [0.717, 1.165) is 11.8 Å². The van der Waals surface area contributed by atoms with E-state index in [9.17, 15) is 14.7 Å². The Kier molecular flexibility index (Phi) is 8.18. The van der Waals surface area contributed by atoms with Crippen LogP contribution in [0.3, 0.4) is 0 Å². The van der Waals surface area contributed by atoms with Crippen molar-refractivity contribution >= 4 is 22.7 Å². The van der Waals surface area contributed by atoms with E-state index in [-0.39, 0.29) is 17.9 Å². The number of nitrogens with zero attached hydrogens (tertiary/aromatic N) is 1. The minimum Gasteiger partial charge on any atom is -0.503 e. The number of carbonyl (C=O) groups is 2. The molecule has 2 aromatic carbocycles. The first kappa shape index (κ1) is 26.3. The Morgan fingerprint density at radius 3 is 2.57 bits per heavy atom. The maximum atomic E-state index is 13.7. The van der Waals surface area contributed by atoms with Gasteiger partial charge < -0.3 is 28.6 Å². The third-order valence-electron chi connectivity index (χ3n) is 6.40. The Labute approximate surface area is 216 Å². The summed E-state index contributed by atoms with van der Waals surface area (Å²) in [5.74, 6) is -0.137. The van der Waals surface area contributed by atoms with Gasteiger partial charge in [-0.25, -0.2) is 0 Å². The van der Waals surface area contributed by atoms with E-state index < -0.39 is 23.5 Å². The lowest BCUT2D eigenvalue weighted by Gasteiger charge is -2.27. The fraction of sp³-hybridized carbons (Fsp3) is 0.379. The third-order valence-corrected chi connectivity index (χ3v) is 6.40. The first-order valence-corrected chi connectivity index (χ1v) is 12.4. The molecule has 1 aliphatic rings. The van der Waals surface area contributed by atoms with Crippen molar-refractivity contribution in [3.63, 3.8) is 0 Å². The predicted octanol–water partition coefficient (Wildman–Crippen LogP) is 5.48. The molecule has 1 N–H and O–H groups in total. The molecule has 1 unspecified atom stereocenters. The second kappa shape index (κ2) is 11.5. The number of aliphatic hydroxyl groups is 1. The number of hydrogen-bond acceptors (Lipinski definition) is 7. The zero-order valence-corrected chi connectivity index (χ0v) is 21.7. The Balaban J connectivity index is 1.73. The second-order valence-electron chi connectivity index (χ2n) is 9.43. The van der Waals surface area contributed by atoms with Crippen LogP contribution >= 0.6 is 0 Å². The van der Waals surface area contributed by atoms with E-state index in [1.807, 2.05) is 18.2 Å². The maximum Gasteiger partial charge on any atom is 0.290 e. The summed E-state index contributed by atoms with van der Waals surface area (Å²) in [7, 11) is 3.12. The van der Waals surface area contributed by atoms with Crippen molar-refractivity contribution < 1.29 is 33.3 Å². The van der Waals surface area contributed by atoms with Crippen LogP contribution in [0.2, 0.25) is 0 Å². The molecular weight excluding hydrogens is 474 g/mol. The number of Topliss-reactive ketones (excluding diaryl/α,β-unsaturated/α-hetero) is 1. The second-order valence-corrected chi connectivity index (χ2v) is 9.43. The van der Waals surface area contributed by atoms with Gasteiger partial charge in [-0.1, -0.05) is 38.1 Å². The van der Waals surface area contributed by atoms with E-state index in [1.54, 1.807) is 44.6 Å². The Morgan fingerprint density at radius 2 is 1.86 bits per heavy atom. The molecule has 3 aromatic rings. The van der Waals surface area contributed by atoms with Crippen molar-refractivity contribution in [1.82, 2.24) is 4.90 Å². The highest BCUT2D eigenvalue weighted by atomic mass is 16.5. The molecule has 196 valence electrons. The molecule has 0 fully saturated rings. The number of ketones is 1. The molecule has 0 radical (unpaired) electrons. The molecule has 0 saturated heterocycles. The highest BCUT2D eigenvalue weighted by molar-refractivity contribution is 6.16. The summed E-state index contributed by atoms with van der Waals surface area (Å²) in [6.45, 7) is 5.49. The molecule has 1 aliphatic heterocycles. The van der Waals surface area contributed by atoms with Gasteiger partial charge >= 0.3 is 0 Å². The normalized spacial score (nSPS) is 15.8. The lowest BCUT2D eigenvalue weighted by Crippen LogP contribution is -2.32. The van der Waals surface area contributed by atoms with Crippen LogP contribution in [0.5, 0.6) is 11.5 Å². The van der Waals surface area contributed by atoms with Crippen LogP contribution in [0.4, 0.5) is 0 Å². The summed E-state index contributed by atoms with van der Waals surface area (Å²) in [5, 5.41) is 11.7. The zero-order valence-electron chi connectivity index (χ0n) is 21.7. The summed E-state index contributed by atoms with van der Waals surface area (Å²) in [6.07, 6.45) is 1.42. The fourth-order valence-corrected chi connectivity index (χ4v) is 4.45. The Morgan fingerprint density at radius 1 is 1.08 bits per heavy atom. The Hall–Kier alpha value is -3.78. The number of para-hydroxylation sites is 1. The van der Waals surface area contributed by atoms with Gasteiger partial charge in [-0.05, 0) is 48.6 Å². The van der Waals surface area contributed by atoms with Crippen LogP contribution in [0.1, 0.15) is 48.8 Å². The van der Waals surface area contributed by atoms with E-state index in [4.69, 9.17) is 18.6 Å². The lowest BCUT2D eigenvalue weighted by molar-refractivity contribution is -0.129. The summed E-state index contributed by atoms with van der Waals surface area (Å²) in [5.41, 5.74) is 1.13. The number of carbonyl (C=O) groups excluding carboxylic acids is 2. The smallest absolute Gasteiger partial charge is 0.290 e. The number of hydrogen-bond donors (Lipinski definition) is 1. The highest BCUT2D eigenvalue weighted by Crippen LogP contribution is 2.42. The SMILES string of the molecule is COCCCN1C(=O)C(O)=C(C(=O)c2cc3ccccc3o2)C1c1ccc(OCCC(C)C)c(OC)c1. The van der Waals surface area contributed by atoms with Gasteiger partial charge in [-0.15, -0.1) is 0 Å². The number of furan rings is 1. The van der Waals surface area contributed by atoms with Crippen molar-refractivity contribution in [3.05, 3.63) is 71.2 Å². The maximum absolute atomic E-state index is 13.7. The first-order valence-electron chi connectivity index (χ1n) is 12.4. The molecule has 37 heavy (non-hydrogen) atoms. The molecule has 0 bridgehead atoms. The van der Waals surface area contributed by atoms with E-state index in [0.29, 0.717) is 48.2 Å². The van der Waals surface area contributed by atoms with E-state index in [1.165, 1.54) is 4.90 Å². The number of aliphatic hydroxyl groups excluding tert-OH is 1. The van der Waals surface area contributed by atoms with Crippen LogP contribution in [-0.4, -0.2) is 55.7 Å². The quantitative estimate of drug-likeness (QED) is 0.256. The predicted molar refractivity (Wildman–Crippen MR) is 139 cm³/mol. The van der Waals surface area contributed by atoms with Crippen LogP contribution < -0.4 is 9.47 Å². The van der Waals surface area contributed by atoms with Gasteiger partial charge in [-0.3, -0.25) is 9.59 Å². The van der Waals surface area contributed by atoms with Gasteiger partial charge in [0, 0.05) is 25.6 Å². The monoisotopic (exact) mass is 507 g/mol. The van der Waals surface area contributed by atoms with Crippen molar-refractivity contribution in [2.75, 3.05) is 34.0 Å². The zero-order chi connectivity index (χ0) is 26.5. The molecule has 8 nitrogen and oxygen atoms in total. The number of methoxy groups -OCH3 is 2. The van der Waals surface area contributed by atoms with Gasteiger partial charge in [0.05, 0.1) is 25.3 Å². The molecule has 8 heteroatoms. The number of rotatable bonds is 12. The van der Waals surface area contributed by atoms with Crippen LogP contribution in [0.15, 0.2) is 64.3 Å². The van der Waals surface area contributed by atoms with Crippen LogP contribution in [0.25, 0.3) is 11.0 Å². The van der Waals surface area contributed by atoms with Crippen molar-refractivity contribution in [3.8, 4) is 11.5 Å². The average molecular weight is 508 g/mol. The minimum absolute atomic E-state index is 0.0306. The number of benzene rings is 2. The summed E-state index contributed by atoms with van der Waals surface area (Å²) >= 11 is 0. The number of fused-ring (bicyclic) bond motifs is 1. The molecule has 0 spiro atoms. The molecular formula is C29H33NO7. The van der Waals surface area contributed by atoms with Gasteiger partial charge in [0.15, 0.2) is 23.0 Å². The van der Waals surface area contributed by atoms with E-state index in [2.05, 4.69) is 13.8 Å². The van der Waals surface area contributed by atoms with Gasteiger partial charge in [0.1, 0.15) is 5.58 Å². The van der Waals surface area contributed by atoms with Crippen molar-refractivity contribution in [2.24, 2.45) is 5.92 Å². The van der Waals surface area contributed by atoms with Crippen molar-refractivity contribution in [2.45, 2.75) is 32.7 Å². The van der Waals surface area contributed by atoms with Gasteiger partial charge in [-0.2, -0.15) is 0 Å². The minimum atomic E-state index is -0.830. The number of amides is 1. The summed E-state index contributed by atoms with van der Waals surface area (Å²) in [4.78, 5) is 28.3. The summed E-state index contributed by atoms with van der Waals surface area (Å²) < 4.78 is 22.4. The standard InChI is InChI=1S/C29H33NO7/c1-18(2)12-15-36-22-11-10-20(17-23(22)35-4)26-25(28(32)29(33)30(26)13-7-14-34-3)27(31)24-16-19-8-5-6-9-21(19)37-24/h5-6,8-11,16-18,26,32H,7,12-15H2,1-4H3. The molecule has 1 aromatic heterocycles. The molecule has 0 aliphatic carbocycles. The first-order chi connectivity index (χ1) is 17.8. The van der Waals surface area contributed by atoms with Gasteiger partial charge in [0.25, 0.3) is 5.91 Å². The van der Waals surface area contributed by atoms with Crippen LogP contribution in [0, 0.1) is 5.92 Å². The third kappa shape index (κ3) is 5.49. The molecule has 0 saturated carbocycles. The van der Waals surface area contributed by atoms with Crippen molar-refractivity contribution in [1.29, 1.82) is 0 Å². The molecule has 1 atom stereocenters. The molecule has 2 heterocycles. The Bertz CT molecular complexity index is 1270. The topological polar surface area (TPSA) is 98.4 Å². The average Bonchev–Trinajstić information content (AvgIpc) is 3.43. The van der Waals surface area contributed by atoms with E-state index >= 15 is 0 Å². The number of ether oxygens (including phenoxy) is 3.